The van der Waals surface area contributed by atoms with E-state index in [4.69, 9.17) is 11.6 Å². The van der Waals surface area contributed by atoms with Gasteiger partial charge in [0.25, 0.3) is 0 Å². The van der Waals surface area contributed by atoms with Crippen LogP contribution >= 0.6 is 11.6 Å². The standard InChI is InChI=1S/C12H13ClN2O/c1-8(2)12-14-5-6-15(12)11-7-9(16)3-4-10(11)13/h3-8,16H,1-2H3. The monoisotopic (exact) mass is 236 g/mol. The first-order valence-corrected chi connectivity index (χ1v) is 5.49. The fourth-order valence-corrected chi connectivity index (χ4v) is 1.84. The third-order valence-corrected chi connectivity index (χ3v) is 2.69. The van der Waals surface area contributed by atoms with Crippen LogP contribution in [-0.2, 0) is 0 Å². The molecule has 0 aliphatic carbocycles. The van der Waals surface area contributed by atoms with Crippen LogP contribution < -0.4 is 0 Å². The minimum absolute atomic E-state index is 0.197. The van der Waals surface area contributed by atoms with Crippen molar-refractivity contribution in [3.05, 3.63) is 41.4 Å². The molecule has 0 atom stereocenters. The fourth-order valence-electron chi connectivity index (χ4n) is 1.63. The van der Waals surface area contributed by atoms with Gasteiger partial charge in [-0.1, -0.05) is 25.4 Å². The summed E-state index contributed by atoms with van der Waals surface area (Å²) in [6.45, 7) is 4.13. The number of rotatable bonds is 2. The average molecular weight is 237 g/mol. The van der Waals surface area contributed by atoms with Gasteiger partial charge in [-0.15, -0.1) is 0 Å². The smallest absolute Gasteiger partial charge is 0.117 e. The summed E-state index contributed by atoms with van der Waals surface area (Å²) in [5, 5.41) is 10.1. The zero-order valence-electron chi connectivity index (χ0n) is 9.18. The molecule has 4 heteroatoms. The molecule has 2 aromatic rings. The van der Waals surface area contributed by atoms with Crippen LogP contribution in [0.1, 0.15) is 25.6 Å². The molecule has 0 fully saturated rings. The van der Waals surface area contributed by atoms with Crippen LogP contribution in [0.15, 0.2) is 30.6 Å². The Balaban J connectivity index is 2.58. The van der Waals surface area contributed by atoms with E-state index in [-0.39, 0.29) is 5.75 Å². The van der Waals surface area contributed by atoms with Gasteiger partial charge in [-0.05, 0) is 12.1 Å². The van der Waals surface area contributed by atoms with Crippen molar-refractivity contribution in [2.45, 2.75) is 19.8 Å². The minimum atomic E-state index is 0.197. The minimum Gasteiger partial charge on any atom is -0.508 e. The molecule has 0 radical (unpaired) electrons. The van der Waals surface area contributed by atoms with Crippen molar-refractivity contribution in [2.75, 3.05) is 0 Å². The average Bonchev–Trinajstić information content (AvgIpc) is 2.70. The van der Waals surface area contributed by atoms with E-state index in [9.17, 15) is 5.11 Å². The lowest BCUT2D eigenvalue weighted by atomic mass is 10.2. The molecule has 0 aliphatic heterocycles. The molecule has 0 spiro atoms. The zero-order valence-corrected chi connectivity index (χ0v) is 9.94. The van der Waals surface area contributed by atoms with Gasteiger partial charge in [0.1, 0.15) is 11.6 Å². The van der Waals surface area contributed by atoms with Gasteiger partial charge in [-0.3, -0.25) is 0 Å². The number of phenols is 1. The van der Waals surface area contributed by atoms with Crippen LogP contribution in [0.5, 0.6) is 5.75 Å². The molecule has 2 rings (SSSR count). The number of benzene rings is 1. The highest BCUT2D eigenvalue weighted by atomic mass is 35.5. The molecular weight excluding hydrogens is 224 g/mol. The van der Waals surface area contributed by atoms with Crippen molar-refractivity contribution in [1.29, 1.82) is 0 Å². The van der Waals surface area contributed by atoms with Crippen molar-refractivity contribution in [3.63, 3.8) is 0 Å². The van der Waals surface area contributed by atoms with Gasteiger partial charge in [0.05, 0.1) is 10.7 Å². The summed E-state index contributed by atoms with van der Waals surface area (Å²) >= 11 is 6.10. The molecule has 0 amide bonds. The van der Waals surface area contributed by atoms with Gasteiger partial charge < -0.3 is 9.67 Å². The van der Waals surface area contributed by atoms with E-state index in [1.54, 1.807) is 24.4 Å². The maximum atomic E-state index is 9.47. The molecule has 84 valence electrons. The predicted octanol–water partition coefficient (Wildman–Crippen LogP) is 3.35. The first kappa shape index (κ1) is 11.0. The topological polar surface area (TPSA) is 38.0 Å². The van der Waals surface area contributed by atoms with Gasteiger partial charge in [-0.2, -0.15) is 0 Å². The summed E-state index contributed by atoms with van der Waals surface area (Å²) in [4.78, 5) is 4.29. The fraction of sp³-hybridized carbons (Fsp3) is 0.250. The number of phenolic OH excluding ortho intramolecular Hbond substituents is 1. The third-order valence-electron chi connectivity index (χ3n) is 2.38. The lowest BCUT2D eigenvalue weighted by molar-refractivity contribution is 0.475. The van der Waals surface area contributed by atoms with E-state index in [0.29, 0.717) is 10.9 Å². The molecule has 3 nitrogen and oxygen atoms in total. The number of hydrogen-bond acceptors (Lipinski definition) is 2. The van der Waals surface area contributed by atoms with Crippen LogP contribution in [-0.4, -0.2) is 14.7 Å². The SMILES string of the molecule is CC(C)c1nccn1-c1cc(O)ccc1Cl. The van der Waals surface area contributed by atoms with E-state index in [1.165, 1.54) is 0 Å². The van der Waals surface area contributed by atoms with Gasteiger partial charge in [0, 0.05) is 24.4 Å². The summed E-state index contributed by atoms with van der Waals surface area (Å²) in [5.41, 5.74) is 0.753. The highest BCUT2D eigenvalue weighted by Gasteiger charge is 2.11. The zero-order chi connectivity index (χ0) is 11.7. The largest absolute Gasteiger partial charge is 0.508 e. The van der Waals surface area contributed by atoms with E-state index in [0.717, 1.165) is 11.5 Å². The van der Waals surface area contributed by atoms with Crippen LogP contribution in [0.25, 0.3) is 5.69 Å². The van der Waals surface area contributed by atoms with E-state index < -0.39 is 0 Å². The first-order valence-electron chi connectivity index (χ1n) is 5.11. The Kier molecular flexibility index (Phi) is 2.88. The normalized spacial score (nSPS) is 11.0. The Bertz CT molecular complexity index is 505. The molecule has 1 N–H and O–H groups in total. The van der Waals surface area contributed by atoms with Crippen LogP contribution in [0.4, 0.5) is 0 Å². The van der Waals surface area contributed by atoms with Crippen molar-refractivity contribution >= 4 is 11.6 Å². The van der Waals surface area contributed by atoms with Crippen molar-refractivity contribution in [2.24, 2.45) is 0 Å². The van der Waals surface area contributed by atoms with Gasteiger partial charge in [-0.25, -0.2) is 4.98 Å². The molecule has 0 bridgehead atoms. The number of halogens is 1. The summed E-state index contributed by atoms with van der Waals surface area (Å²) in [5.74, 6) is 1.42. The molecule has 0 unspecified atom stereocenters. The second-order valence-electron chi connectivity index (χ2n) is 3.95. The number of hydrogen-bond donors (Lipinski definition) is 1. The Labute approximate surface area is 99.3 Å². The van der Waals surface area contributed by atoms with Crippen LogP contribution in [0.3, 0.4) is 0 Å². The number of aromatic nitrogens is 2. The van der Waals surface area contributed by atoms with Gasteiger partial charge in [0.15, 0.2) is 0 Å². The van der Waals surface area contributed by atoms with Crippen molar-refractivity contribution in [1.82, 2.24) is 9.55 Å². The summed E-state index contributed by atoms with van der Waals surface area (Å²) in [7, 11) is 0. The maximum absolute atomic E-state index is 9.47. The van der Waals surface area contributed by atoms with Crippen molar-refractivity contribution in [3.8, 4) is 11.4 Å². The van der Waals surface area contributed by atoms with Gasteiger partial charge in [0.2, 0.25) is 0 Å². The van der Waals surface area contributed by atoms with E-state index >= 15 is 0 Å². The predicted molar refractivity (Wildman–Crippen MR) is 64.3 cm³/mol. The molecule has 0 saturated heterocycles. The maximum Gasteiger partial charge on any atom is 0.117 e. The highest BCUT2D eigenvalue weighted by Crippen LogP contribution is 2.27. The van der Waals surface area contributed by atoms with E-state index in [2.05, 4.69) is 18.8 Å². The highest BCUT2D eigenvalue weighted by molar-refractivity contribution is 6.32. The second kappa shape index (κ2) is 4.18. The summed E-state index contributed by atoms with van der Waals surface area (Å²) in [6.07, 6.45) is 3.58. The quantitative estimate of drug-likeness (QED) is 0.868. The lowest BCUT2D eigenvalue weighted by Crippen LogP contribution is -2.02. The van der Waals surface area contributed by atoms with Gasteiger partial charge >= 0.3 is 0 Å². The van der Waals surface area contributed by atoms with E-state index in [1.807, 2.05) is 10.8 Å². The molecular formula is C12H13ClN2O. The molecule has 1 aromatic heterocycles. The Hall–Kier alpha value is -1.48. The Morgan fingerprint density at radius 1 is 1.38 bits per heavy atom. The summed E-state index contributed by atoms with van der Waals surface area (Å²) < 4.78 is 1.90. The first-order chi connectivity index (χ1) is 7.59. The van der Waals surface area contributed by atoms with Crippen molar-refractivity contribution < 1.29 is 5.11 Å². The third kappa shape index (κ3) is 1.91. The number of imidazole rings is 1. The molecule has 0 aliphatic rings. The van der Waals surface area contributed by atoms with Crippen LogP contribution in [0.2, 0.25) is 5.02 Å². The number of aromatic hydroxyl groups is 1. The number of nitrogens with zero attached hydrogens (tertiary/aromatic N) is 2. The summed E-state index contributed by atoms with van der Waals surface area (Å²) in [6, 6.07) is 4.88. The molecule has 1 aromatic carbocycles. The Morgan fingerprint density at radius 3 is 2.81 bits per heavy atom. The second-order valence-corrected chi connectivity index (χ2v) is 4.35. The Morgan fingerprint density at radius 2 is 2.12 bits per heavy atom. The lowest BCUT2D eigenvalue weighted by Gasteiger charge is -2.12. The molecule has 1 heterocycles. The van der Waals surface area contributed by atoms with Crippen LogP contribution in [0, 0.1) is 0 Å². The molecule has 0 saturated carbocycles. The molecule has 16 heavy (non-hydrogen) atoms.